The Labute approximate surface area is 167 Å². The van der Waals surface area contributed by atoms with Gasteiger partial charge in [0.25, 0.3) is 5.56 Å². The van der Waals surface area contributed by atoms with Gasteiger partial charge in [0.2, 0.25) is 0 Å². The fourth-order valence-corrected chi connectivity index (χ4v) is 5.12. The van der Waals surface area contributed by atoms with Gasteiger partial charge in [-0.3, -0.25) is 9.69 Å². The lowest BCUT2D eigenvalue weighted by Crippen LogP contribution is -2.40. The van der Waals surface area contributed by atoms with Crippen molar-refractivity contribution in [2.45, 2.75) is 26.1 Å². The molecule has 140 valence electrons. The summed E-state index contributed by atoms with van der Waals surface area (Å²) in [5.74, 6) is 0. The molecule has 0 amide bonds. The van der Waals surface area contributed by atoms with Gasteiger partial charge in [-0.25, -0.2) is 4.68 Å². The third kappa shape index (κ3) is 2.87. The van der Waals surface area contributed by atoms with E-state index in [2.05, 4.69) is 45.7 Å². The topological polar surface area (TPSA) is 38.1 Å². The molecule has 5 heteroatoms. The normalized spacial score (nSPS) is 17.0. The van der Waals surface area contributed by atoms with Crippen LogP contribution in [0.5, 0.6) is 0 Å². The van der Waals surface area contributed by atoms with Crippen molar-refractivity contribution in [3.63, 3.8) is 0 Å². The number of aromatic nitrogens is 2. The first kappa shape index (κ1) is 17.3. The summed E-state index contributed by atoms with van der Waals surface area (Å²) < 4.78 is 1.63. The van der Waals surface area contributed by atoms with Crippen LogP contribution in [0.1, 0.15) is 27.7 Å². The van der Waals surface area contributed by atoms with Crippen molar-refractivity contribution in [2.24, 2.45) is 0 Å². The van der Waals surface area contributed by atoms with Gasteiger partial charge in [-0.05, 0) is 42.0 Å². The van der Waals surface area contributed by atoms with Gasteiger partial charge in [-0.2, -0.15) is 5.10 Å². The molecular weight excluding hydrogens is 366 g/mol. The van der Waals surface area contributed by atoms with Crippen molar-refractivity contribution >= 4 is 22.1 Å². The van der Waals surface area contributed by atoms with Gasteiger partial charge in [-0.15, -0.1) is 11.3 Å². The minimum absolute atomic E-state index is 0.0240. The zero-order valence-corrected chi connectivity index (χ0v) is 16.5. The zero-order valence-electron chi connectivity index (χ0n) is 15.7. The van der Waals surface area contributed by atoms with E-state index in [-0.39, 0.29) is 11.6 Å². The van der Waals surface area contributed by atoms with Crippen LogP contribution >= 0.6 is 11.3 Å². The van der Waals surface area contributed by atoms with Gasteiger partial charge < -0.3 is 0 Å². The largest absolute Gasteiger partial charge is 0.275 e. The highest BCUT2D eigenvalue weighted by molar-refractivity contribution is 7.10. The van der Waals surface area contributed by atoms with Crippen LogP contribution in [0.4, 0.5) is 0 Å². The van der Waals surface area contributed by atoms with Crippen molar-refractivity contribution in [3.05, 3.63) is 98.1 Å². The number of fused-ring (bicyclic) bond motifs is 2. The third-order valence-corrected chi connectivity index (χ3v) is 6.55. The molecule has 0 N–H and O–H groups in total. The molecule has 0 fully saturated rings. The van der Waals surface area contributed by atoms with Crippen LogP contribution in [0.3, 0.4) is 0 Å². The molecule has 5 rings (SSSR count). The average molecular weight is 388 g/mol. The predicted molar refractivity (Wildman–Crippen MR) is 114 cm³/mol. The second-order valence-corrected chi connectivity index (χ2v) is 8.25. The van der Waals surface area contributed by atoms with E-state index in [0.717, 1.165) is 29.4 Å². The number of hydrogen-bond acceptors (Lipinski definition) is 4. The summed E-state index contributed by atoms with van der Waals surface area (Å²) in [6.45, 7) is 3.37. The first-order chi connectivity index (χ1) is 13.7. The van der Waals surface area contributed by atoms with Crippen LogP contribution in [0.2, 0.25) is 0 Å². The van der Waals surface area contributed by atoms with E-state index in [1.54, 1.807) is 4.68 Å². The smallest absolute Gasteiger partial charge is 0.273 e. The zero-order chi connectivity index (χ0) is 19.1. The van der Waals surface area contributed by atoms with E-state index in [0.29, 0.717) is 6.67 Å². The average Bonchev–Trinajstić information content (AvgIpc) is 3.21. The SMILES string of the molecule is Cc1nn(CN2CCc3sccc3[C@@H]2c2ccccc2)c(=O)c2ccccc12. The Bertz CT molecular complexity index is 1200. The van der Waals surface area contributed by atoms with Crippen LogP contribution in [0.25, 0.3) is 10.8 Å². The van der Waals surface area contributed by atoms with Gasteiger partial charge >= 0.3 is 0 Å². The fraction of sp³-hybridized carbons (Fsp3) is 0.217. The van der Waals surface area contributed by atoms with Gasteiger partial charge in [0.1, 0.15) is 0 Å². The van der Waals surface area contributed by atoms with E-state index < -0.39 is 0 Å². The van der Waals surface area contributed by atoms with Crippen LogP contribution in [0, 0.1) is 6.92 Å². The van der Waals surface area contributed by atoms with Gasteiger partial charge in [0, 0.05) is 16.8 Å². The summed E-state index contributed by atoms with van der Waals surface area (Å²) in [4.78, 5) is 16.9. The molecule has 0 saturated heterocycles. The van der Waals surface area contributed by atoms with Crippen molar-refractivity contribution in [2.75, 3.05) is 6.54 Å². The minimum atomic E-state index is -0.0240. The van der Waals surface area contributed by atoms with Crippen LogP contribution < -0.4 is 5.56 Å². The molecule has 3 heterocycles. The minimum Gasteiger partial charge on any atom is -0.273 e. The number of nitrogens with zero attached hydrogens (tertiary/aromatic N) is 3. The summed E-state index contributed by atoms with van der Waals surface area (Å²) >= 11 is 1.83. The van der Waals surface area contributed by atoms with E-state index in [4.69, 9.17) is 0 Å². The number of aryl methyl sites for hydroxylation is 1. The molecule has 2 aromatic heterocycles. The van der Waals surface area contributed by atoms with Crippen LogP contribution in [0.15, 0.2) is 70.8 Å². The van der Waals surface area contributed by atoms with Gasteiger partial charge in [0.05, 0.1) is 23.8 Å². The highest BCUT2D eigenvalue weighted by Gasteiger charge is 2.30. The maximum absolute atomic E-state index is 13.1. The van der Waals surface area contributed by atoms with Gasteiger partial charge in [0.15, 0.2) is 0 Å². The molecule has 1 aliphatic rings. The third-order valence-electron chi connectivity index (χ3n) is 5.55. The van der Waals surface area contributed by atoms with E-state index >= 15 is 0 Å². The van der Waals surface area contributed by atoms with Crippen molar-refractivity contribution < 1.29 is 0 Å². The molecule has 0 spiro atoms. The molecule has 0 aliphatic carbocycles. The molecule has 0 unspecified atom stereocenters. The summed E-state index contributed by atoms with van der Waals surface area (Å²) in [5, 5.41) is 8.48. The highest BCUT2D eigenvalue weighted by Crippen LogP contribution is 2.37. The second kappa shape index (κ2) is 7.00. The standard InChI is InChI=1S/C23H21N3OS/c1-16-18-9-5-6-10-19(18)23(27)26(24-16)15-25-13-11-21-20(12-14-28-21)22(25)17-7-3-2-4-8-17/h2-10,12,14,22H,11,13,15H2,1H3/t22-/m0/s1. The Morgan fingerprint density at radius 3 is 2.61 bits per heavy atom. The van der Waals surface area contributed by atoms with Crippen molar-refractivity contribution in [3.8, 4) is 0 Å². The molecule has 4 nitrogen and oxygen atoms in total. The number of hydrogen-bond donors (Lipinski definition) is 0. The second-order valence-electron chi connectivity index (χ2n) is 7.25. The number of rotatable bonds is 3. The van der Waals surface area contributed by atoms with E-state index in [9.17, 15) is 4.79 Å². The van der Waals surface area contributed by atoms with Crippen molar-refractivity contribution in [1.82, 2.24) is 14.7 Å². The van der Waals surface area contributed by atoms with Crippen LogP contribution in [-0.2, 0) is 13.1 Å². The molecule has 28 heavy (non-hydrogen) atoms. The lowest BCUT2D eigenvalue weighted by molar-refractivity contribution is 0.154. The van der Waals surface area contributed by atoms with Crippen molar-refractivity contribution in [1.29, 1.82) is 0 Å². The first-order valence-corrected chi connectivity index (χ1v) is 10.4. The molecule has 4 aromatic rings. The summed E-state index contributed by atoms with van der Waals surface area (Å²) in [6, 6.07) is 20.7. The Morgan fingerprint density at radius 1 is 1.04 bits per heavy atom. The lowest BCUT2D eigenvalue weighted by Gasteiger charge is -2.36. The lowest BCUT2D eigenvalue weighted by atomic mass is 9.94. The summed E-state index contributed by atoms with van der Waals surface area (Å²) in [6.07, 6.45) is 1.01. The molecule has 0 bridgehead atoms. The molecule has 2 aromatic carbocycles. The quantitative estimate of drug-likeness (QED) is 0.524. The Hall–Kier alpha value is -2.76. The van der Waals surface area contributed by atoms with E-state index in [1.165, 1.54) is 16.0 Å². The number of thiophene rings is 1. The predicted octanol–water partition coefficient (Wildman–Crippen LogP) is 4.37. The van der Waals surface area contributed by atoms with E-state index in [1.807, 2.05) is 48.6 Å². The Morgan fingerprint density at radius 2 is 1.79 bits per heavy atom. The number of benzene rings is 2. The molecular formula is C23H21N3OS. The Kier molecular flexibility index (Phi) is 4.34. The monoisotopic (exact) mass is 387 g/mol. The molecule has 1 atom stereocenters. The highest BCUT2D eigenvalue weighted by atomic mass is 32.1. The molecule has 0 saturated carbocycles. The first-order valence-electron chi connectivity index (χ1n) is 9.54. The molecule has 1 aliphatic heterocycles. The maximum Gasteiger partial charge on any atom is 0.275 e. The van der Waals surface area contributed by atoms with Gasteiger partial charge in [-0.1, -0.05) is 48.5 Å². The maximum atomic E-state index is 13.1. The molecule has 0 radical (unpaired) electrons. The summed E-state index contributed by atoms with van der Waals surface area (Å²) in [7, 11) is 0. The summed E-state index contributed by atoms with van der Waals surface area (Å²) in [5.41, 5.74) is 3.48. The Balaban J connectivity index is 1.59. The van der Waals surface area contributed by atoms with Crippen LogP contribution in [-0.4, -0.2) is 21.2 Å². The fourth-order valence-electron chi connectivity index (χ4n) is 4.22.